The first kappa shape index (κ1) is 18.0. The highest BCUT2D eigenvalue weighted by atomic mass is 16.1. The maximum atomic E-state index is 12.1. The zero-order valence-corrected chi connectivity index (χ0v) is 16.7. The lowest BCUT2D eigenvalue weighted by Gasteiger charge is -2.56. The summed E-state index contributed by atoms with van der Waals surface area (Å²) in [5.41, 5.74) is 3.24. The third-order valence-electron chi connectivity index (χ3n) is 8.27. The van der Waals surface area contributed by atoms with Crippen LogP contribution < -0.4 is 0 Å². The molecule has 2 saturated carbocycles. The summed E-state index contributed by atoms with van der Waals surface area (Å²) in [4.78, 5) is 12.1. The van der Waals surface area contributed by atoms with Crippen LogP contribution in [-0.2, 0) is 11.2 Å². The second-order valence-electron chi connectivity index (χ2n) is 9.91. The van der Waals surface area contributed by atoms with E-state index >= 15 is 0 Å². The highest BCUT2D eigenvalue weighted by molar-refractivity contribution is 5.61. The molecule has 0 aromatic heterocycles. The zero-order valence-electron chi connectivity index (χ0n) is 16.7. The smallest absolute Gasteiger partial charge is 0.126 e. The van der Waals surface area contributed by atoms with Gasteiger partial charge in [-0.1, -0.05) is 75.6 Å². The van der Waals surface area contributed by atoms with Crippen LogP contribution in [0.3, 0.4) is 0 Å². The van der Waals surface area contributed by atoms with Gasteiger partial charge in [0.05, 0.1) is 0 Å². The second-order valence-corrected chi connectivity index (χ2v) is 9.91. The fourth-order valence-electron chi connectivity index (χ4n) is 6.69. The molecule has 26 heavy (non-hydrogen) atoms. The Morgan fingerprint density at radius 2 is 1.88 bits per heavy atom. The molecular formula is C25H34O. The van der Waals surface area contributed by atoms with Crippen molar-refractivity contribution in [1.82, 2.24) is 0 Å². The fourth-order valence-corrected chi connectivity index (χ4v) is 6.69. The van der Waals surface area contributed by atoms with E-state index in [1.807, 2.05) is 0 Å². The summed E-state index contributed by atoms with van der Waals surface area (Å²) in [6.07, 6.45) is 12.7. The number of aldehydes is 1. The molecule has 140 valence electrons. The standard InChI is InChI=1S/C25H34O/c1-18-8-7-13-25(3)22(18)12-11-20-16-24(2,17-26)21(15-23(20)25)14-19-9-5-4-6-10-19/h4-6,9-10,15,17-18,20-22H,7-8,11-14,16H2,1-3H3. The Morgan fingerprint density at radius 3 is 2.62 bits per heavy atom. The van der Waals surface area contributed by atoms with Gasteiger partial charge in [-0.25, -0.2) is 0 Å². The van der Waals surface area contributed by atoms with Crippen LogP contribution in [-0.4, -0.2) is 6.29 Å². The zero-order chi connectivity index (χ0) is 18.4. The van der Waals surface area contributed by atoms with Gasteiger partial charge in [-0.3, -0.25) is 0 Å². The number of benzene rings is 1. The lowest BCUT2D eigenvalue weighted by Crippen LogP contribution is -2.47. The van der Waals surface area contributed by atoms with Crippen LogP contribution in [0.2, 0.25) is 0 Å². The molecule has 6 unspecified atom stereocenters. The molecule has 1 aromatic carbocycles. The highest BCUT2D eigenvalue weighted by Gasteiger charge is 2.52. The van der Waals surface area contributed by atoms with Crippen molar-refractivity contribution in [3.63, 3.8) is 0 Å². The van der Waals surface area contributed by atoms with Gasteiger partial charge in [0, 0.05) is 5.41 Å². The molecule has 4 rings (SSSR count). The minimum absolute atomic E-state index is 0.215. The van der Waals surface area contributed by atoms with Crippen LogP contribution in [0.1, 0.15) is 64.9 Å². The van der Waals surface area contributed by atoms with E-state index < -0.39 is 0 Å². The predicted molar refractivity (Wildman–Crippen MR) is 108 cm³/mol. The average Bonchev–Trinajstić information content (AvgIpc) is 2.63. The summed E-state index contributed by atoms with van der Waals surface area (Å²) in [7, 11) is 0. The summed E-state index contributed by atoms with van der Waals surface area (Å²) in [5, 5.41) is 0. The normalized spacial score (nSPS) is 42.3. The van der Waals surface area contributed by atoms with E-state index in [-0.39, 0.29) is 5.41 Å². The molecular weight excluding hydrogens is 316 g/mol. The Morgan fingerprint density at radius 1 is 1.12 bits per heavy atom. The molecule has 0 radical (unpaired) electrons. The Kier molecular flexibility index (Phi) is 4.61. The number of carbonyl (C=O) groups is 1. The minimum atomic E-state index is -0.215. The van der Waals surface area contributed by atoms with Crippen LogP contribution in [0.5, 0.6) is 0 Å². The summed E-state index contributed by atoms with van der Waals surface area (Å²) in [5.74, 6) is 2.66. The van der Waals surface area contributed by atoms with Gasteiger partial charge in [0.1, 0.15) is 6.29 Å². The van der Waals surface area contributed by atoms with E-state index in [0.717, 1.165) is 24.7 Å². The van der Waals surface area contributed by atoms with Gasteiger partial charge in [0.15, 0.2) is 0 Å². The summed E-state index contributed by atoms with van der Waals surface area (Å²) in [6.45, 7) is 7.23. The van der Waals surface area contributed by atoms with E-state index in [4.69, 9.17) is 0 Å². The van der Waals surface area contributed by atoms with Gasteiger partial charge < -0.3 is 4.79 Å². The average molecular weight is 351 g/mol. The highest BCUT2D eigenvalue weighted by Crippen LogP contribution is 2.61. The molecule has 0 heterocycles. The van der Waals surface area contributed by atoms with E-state index in [0.29, 0.717) is 17.3 Å². The summed E-state index contributed by atoms with van der Waals surface area (Å²) in [6, 6.07) is 10.7. The van der Waals surface area contributed by atoms with Crippen molar-refractivity contribution in [2.24, 2.45) is 34.5 Å². The lowest BCUT2D eigenvalue weighted by molar-refractivity contribution is -0.119. The van der Waals surface area contributed by atoms with E-state index in [9.17, 15) is 4.79 Å². The van der Waals surface area contributed by atoms with Crippen molar-refractivity contribution < 1.29 is 4.79 Å². The molecule has 0 amide bonds. The predicted octanol–water partition coefficient (Wildman–Crippen LogP) is 6.23. The van der Waals surface area contributed by atoms with Crippen LogP contribution in [0.4, 0.5) is 0 Å². The van der Waals surface area contributed by atoms with Crippen molar-refractivity contribution >= 4 is 6.29 Å². The first-order valence-electron chi connectivity index (χ1n) is 10.7. The number of fused-ring (bicyclic) bond motifs is 3. The van der Waals surface area contributed by atoms with Gasteiger partial charge in [0.25, 0.3) is 0 Å². The minimum Gasteiger partial charge on any atom is -0.303 e. The van der Waals surface area contributed by atoms with E-state index in [2.05, 4.69) is 57.2 Å². The van der Waals surface area contributed by atoms with E-state index in [1.54, 1.807) is 5.57 Å². The topological polar surface area (TPSA) is 17.1 Å². The largest absolute Gasteiger partial charge is 0.303 e. The maximum absolute atomic E-state index is 12.1. The molecule has 1 nitrogen and oxygen atoms in total. The van der Waals surface area contributed by atoms with Crippen molar-refractivity contribution in [2.75, 3.05) is 0 Å². The molecule has 0 N–H and O–H groups in total. The Bertz CT molecular complexity index is 689. The summed E-state index contributed by atoms with van der Waals surface area (Å²) < 4.78 is 0. The second kappa shape index (κ2) is 6.66. The third-order valence-corrected chi connectivity index (χ3v) is 8.27. The molecule has 0 spiro atoms. The monoisotopic (exact) mass is 350 g/mol. The quantitative estimate of drug-likeness (QED) is 0.466. The molecule has 0 aliphatic heterocycles. The van der Waals surface area contributed by atoms with Crippen molar-refractivity contribution in [3.8, 4) is 0 Å². The van der Waals surface area contributed by atoms with Crippen LogP contribution in [0, 0.1) is 34.5 Å². The fraction of sp³-hybridized carbons (Fsp3) is 0.640. The molecule has 1 heteroatoms. The van der Waals surface area contributed by atoms with Crippen LogP contribution in [0.25, 0.3) is 0 Å². The molecule has 0 bridgehead atoms. The van der Waals surface area contributed by atoms with Crippen molar-refractivity contribution in [2.45, 2.75) is 65.7 Å². The Hall–Kier alpha value is -1.37. The van der Waals surface area contributed by atoms with Gasteiger partial charge in [-0.2, -0.15) is 0 Å². The molecule has 0 saturated heterocycles. The number of hydrogen-bond acceptors (Lipinski definition) is 1. The molecule has 6 atom stereocenters. The maximum Gasteiger partial charge on any atom is 0.126 e. The van der Waals surface area contributed by atoms with Crippen LogP contribution in [0.15, 0.2) is 42.0 Å². The van der Waals surface area contributed by atoms with E-state index in [1.165, 1.54) is 44.0 Å². The third kappa shape index (κ3) is 2.88. The van der Waals surface area contributed by atoms with Gasteiger partial charge >= 0.3 is 0 Å². The molecule has 1 aromatic rings. The number of carbonyl (C=O) groups excluding carboxylic acids is 1. The Balaban J connectivity index is 1.72. The Labute approximate surface area is 159 Å². The number of hydrogen-bond donors (Lipinski definition) is 0. The van der Waals surface area contributed by atoms with Gasteiger partial charge in [-0.05, 0) is 66.8 Å². The summed E-state index contributed by atoms with van der Waals surface area (Å²) >= 11 is 0. The first-order valence-corrected chi connectivity index (χ1v) is 10.7. The van der Waals surface area contributed by atoms with Gasteiger partial charge in [-0.15, -0.1) is 0 Å². The molecule has 3 aliphatic rings. The molecule has 2 fully saturated rings. The van der Waals surface area contributed by atoms with Crippen LogP contribution >= 0.6 is 0 Å². The van der Waals surface area contributed by atoms with Crippen molar-refractivity contribution in [1.29, 1.82) is 0 Å². The number of rotatable bonds is 3. The first-order chi connectivity index (χ1) is 12.5. The lowest BCUT2D eigenvalue weighted by atomic mass is 9.48. The van der Waals surface area contributed by atoms with Crippen molar-refractivity contribution in [3.05, 3.63) is 47.5 Å². The van der Waals surface area contributed by atoms with Gasteiger partial charge in [0.2, 0.25) is 0 Å². The SMILES string of the molecule is CC1CCCC2(C)C3=CC(Cc4ccccc4)C(C)(C=O)CC3CCC12. The molecule has 3 aliphatic carbocycles. The number of allylic oxidation sites excluding steroid dienone is 2.